The Morgan fingerprint density at radius 3 is 2.58 bits per heavy atom. The molecular formula is C23H40FN8O+. The number of aliphatic imine (C=N–C) groups is 1. The third kappa shape index (κ3) is 4.66. The van der Waals surface area contributed by atoms with Gasteiger partial charge in [-0.3, -0.25) is 20.9 Å². The van der Waals surface area contributed by atoms with Gasteiger partial charge in [0.1, 0.15) is 0 Å². The molecule has 3 aliphatic rings. The standard InChI is InChI=1S/C23H40FN8O/c1-3-30-11-7-10-17(30)15-32(14-16-8-5-4-6-9-16)22(26)29-21(25)31(23(32)27)18-12-19(24)20(33-2)28-13-18/h12-13,16-17,22-23H,3-11,14-15,26-27H2,1-2H3,(H2,25,29)/q+1. The van der Waals surface area contributed by atoms with Crippen LogP contribution in [0.25, 0.3) is 0 Å². The number of aromatic nitrogens is 1. The fourth-order valence-electron chi connectivity index (χ4n) is 6.08. The summed E-state index contributed by atoms with van der Waals surface area (Å²) in [5, 5.41) is 0. The van der Waals surface area contributed by atoms with Crippen LogP contribution in [0.15, 0.2) is 17.3 Å². The van der Waals surface area contributed by atoms with Crippen LogP contribution in [0.3, 0.4) is 0 Å². The Morgan fingerprint density at radius 1 is 1.15 bits per heavy atom. The fraction of sp³-hybridized carbons (Fsp3) is 0.739. The number of hydrogen-bond donors (Lipinski definition) is 3. The largest absolute Gasteiger partial charge is 0.479 e. The molecule has 0 aromatic carbocycles. The van der Waals surface area contributed by atoms with Crippen LogP contribution in [0.2, 0.25) is 0 Å². The lowest BCUT2D eigenvalue weighted by Crippen LogP contribution is -2.79. The first-order valence-corrected chi connectivity index (χ1v) is 12.3. The first-order chi connectivity index (χ1) is 15.9. The molecular weight excluding hydrogens is 423 g/mol. The number of halogens is 1. The van der Waals surface area contributed by atoms with Gasteiger partial charge < -0.3 is 10.5 Å². The van der Waals surface area contributed by atoms with E-state index in [1.807, 2.05) is 0 Å². The number of nitrogens with two attached hydrogens (primary N) is 3. The van der Waals surface area contributed by atoms with Gasteiger partial charge in [0, 0.05) is 12.0 Å². The van der Waals surface area contributed by atoms with Crippen molar-refractivity contribution < 1.29 is 13.6 Å². The van der Waals surface area contributed by atoms with Crippen LogP contribution in [0.5, 0.6) is 5.88 Å². The molecule has 4 rings (SSSR count). The molecule has 6 N–H and O–H groups in total. The number of guanidine groups is 1. The molecule has 4 unspecified atom stereocenters. The summed E-state index contributed by atoms with van der Waals surface area (Å²) in [6.07, 6.45) is 8.80. The van der Waals surface area contributed by atoms with Gasteiger partial charge in [-0.15, -0.1) is 0 Å². The molecule has 2 aliphatic heterocycles. The van der Waals surface area contributed by atoms with Crippen LogP contribution in [0, 0.1) is 11.7 Å². The lowest BCUT2D eigenvalue weighted by Gasteiger charge is -2.54. The Kier molecular flexibility index (Phi) is 7.37. The van der Waals surface area contributed by atoms with Crippen molar-refractivity contribution in [3.8, 4) is 5.88 Å². The summed E-state index contributed by atoms with van der Waals surface area (Å²) in [6.45, 7) is 5.94. The van der Waals surface area contributed by atoms with Crippen LogP contribution in [0.4, 0.5) is 10.1 Å². The lowest BCUT2D eigenvalue weighted by atomic mass is 9.88. The van der Waals surface area contributed by atoms with Crippen molar-refractivity contribution in [1.29, 1.82) is 0 Å². The highest BCUT2D eigenvalue weighted by Gasteiger charge is 2.51. The molecule has 2 fully saturated rings. The van der Waals surface area contributed by atoms with Crippen molar-refractivity contribution in [1.82, 2.24) is 9.88 Å². The molecule has 4 atom stereocenters. The molecule has 1 aromatic heterocycles. The zero-order valence-electron chi connectivity index (χ0n) is 20.0. The van der Waals surface area contributed by atoms with Crippen molar-refractivity contribution >= 4 is 11.6 Å². The molecule has 0 bridgehead atoms. The van der Waals surface area contributed by atoms with Gasteiger partial charge in [0.2, 0.25) is 24.4 Å². The normalized spacial score (nSPS) is 31.6. The predicted octanol–water partition coefficient (Wildman–Crippen LogP) is 1.73. The number of anilines is 1. The molecule has 33 heavy (non-hydrogen) atoms. The van der Waals surface area contributed by atoms with Crippen LogP contribution in [0.1, 0.15) is 51.9 Å². The summed E-state index contributed by atoms with van der Waals surface area (Å²) in [5.41, 5.74) is 20.6. The zero-order valence-corrected chi connectivity index (χ0v) is 20.0. The van der Waals surface area contributed by atoms with Crippen molar-refractivity contribution in [2.24, 2.45) is 28.1 Å². The maximum Gasteiger partial charge on any atom is 0.250 e. The van der Waals surface area contributed by atoms with Crippen LogP contribution >= 0.6 is 0 Å². The van der Waals surface area contributed by atoms with Gasteiger partial charge >= 0.3 is 0 Å². The number of likely N-dealkylation sites (N-methyl/N-ethyl adjacent to an activating group) is 1. The summed E-state index contributed by atoms with van der Waals surface area (Å²) in [4.78, 5) is 13.0. The van der Waals surface area contributed by atoms with Gasteiger partial charge in [-0.25, -0.2) is 14.3 Å². The number of likely N-dealkylation sites (tertiary alicyclic amines) is 1. The number of methoxy groups -OCH3 is 1. The van der Waals surface area contributed by atoms with Crippen molar-refractivity contribution in [3.05, 3.63) is 18.1 Å². The number of hydrogen-bond acceptors (Lipinski definition) is 8. The smallest absolute Gasteiger partial charge is 0.250 e. The zero-order chi connectivity index (χ0) is 23.6. The molecule has 1 aliphatic carbocycles. The minimum Gasteiger partial charge on any atom is -0.479 e. The van der Waals surface area contributed by atoms with Gasteiger partial charge in [-0.2, -0.15) is 4.99 Å². The third-order valence-electron chi connectivity index (χ3n) is 7.87. The predicted molar refractivity (Wildman–Crippen MR) is 128 cm³/mol. The van der Waals surface area contributed by atoms with E-state index in [0.29, 0.717) is 22.1 Å². The summed E-state index contributed by atoms with van der Waals surface area (Å²) in [5.74, 6) is 0.0965. The summed E-state index contributed by atoms with van der Waals surface area (Å²) < 4.78 is 20.0. The summed E-state index contributed by atoms with van der Waals surface area (Å²) in [6, 6.07) is 1.74. The average Bonchev–Trinajstić information content (AvgIpc) is 3.25. The van der Waals surface area contributed by atoms with Crippen LogP contribution in [-0.2, 0) is 0 Å². The fourth-order valence-corrected chi connectivity index (χ4v) is 6.08. The maximum absolute atomic E-state index is 14.6. The van der Waals surface area contributed by atoms with Crippen LogP contribution < -0.4 is 26.8 Å². The second kappa shape index (κ2) is 10.1. The Balaban J connectivity index is 1.72. The van der Waals surface area contributed by atoms with Crippen LogP contribution in [-0.4, -0.2) is 72.2 Å². The van der Waals surface area contributed by atoms with E-state index in [-0.39, 0.29) is 11.8 Å². The highest BCUT2D eigenvalue weighted by Crippen LogP contribution is 2.35. The van der Waals surface area contributed by atoms with E-state index < -0.39 is 18.4 Å². The van der Waals surface area contributed by atoms with Gasteiger partial charge in [-0.05, 0) is 38.8 Å². The van der Waals surface area contributed by atoms with E-state index in [1.165, 1.54) is 57.9 Å². The molecule has 1 aromatic rings. The van der Waals surface area contributed by atoms with Crippen molar-refractivity contribution in [2.45, 2.75) is 70.5 Å². The second-order valence-electron chi connectivity index (χ2n) is 9.77. The van der Waals surface area contributed by atoms with E-state index in [2.05, 4.69) is 21.8 Å². The second-order valence-corrected chi connectivity index (χ2v) is 9.77. The number of pyridine rings is 1. The number of ether oxygens (including phenoxy) is 1. The van der Waals surface area contributed by atoms with E-state index in [9.17, 15) is 4.39 Å². The topological polar surface area (TPSA) is 119 Å². The minimum atomic E-state index is -0.590. The third-order valence-corrected chi connectivity index (χ3v) is 7.87. The molecule has 9 nitrogen and oxygen atoms in total. The maximum atomic E-state index is 14.6. The van der Waals surface area contributed by atoms with Gasteiger partial charge in [0.05, 0.1) is 38.1 Å². The Bertz CT molecular complexity index is 848. The SMILES string of the molecule is CCN1CCCC1C[N+]1(CC2CCCCC2)C(N)N=C(N)N(c2cnc(OC)c(F)c2)C1N. The summed E-state index contributed by atoms with van der Waals surface area (Å²) in [7, 11) is 1.39. The van der Waals surface area contributed by atoms with Crippen molar-refractivity contribution in [3.63, 3.8) is 0 Å². The molecule has 0 spiro atoms. The van der Waals surface area contributed by atoms with Gasteiger partial charge in [-0.1, -0.05) is 26.2 Å². The Hall–Kier alpha value is -2.01. The Morgan fingerprint density at radius 2 is 1.91 bits per heavy atom. The quantitative estimate of drug-likeness (QED) is 0.527. The number of quaternary nitrogens is 1. The Labute approximate surface area is 196 Å². The average molecular weight is 464 g/mol. The monoisotopic (exact) mass is 463 g/mol. The molecule has 10 heteroatoms. The van der Waals surface area contributed by atoms with Gasteiger partial charge in [0.15, 0.2) is 5.82 Å². The highest BCUT2D eigenvalue weighted by molar-refractivity contribution is 5.95. The molecule has 3 heterocycles. The highest BCUT2D eigenvalue weighted by atomic mass is 19.1. The molecule has 184 valence electrons. The summed E-state index contributed by atoms with van der Waals surface area (Å²) >= 11 is 0. The first kappa shape index (κ1) is 24.1. The van der Waals surface area contributed by atoms with E-state index in [1.54, 1.807) is 4.90 Å². The first-order valence-electron chi connectivity index (χ1n) is 12.3. The van der Waals surface area contributed by atoms with Gasteiger partial charge in [0.25, 0.3) is 0 Å². The van der Waals surface area contributed by atoms with E-state index in [4.69, 9.17) is 21.9 Å². The number of nitrogens with zero attached hydrogens (tertiary/aromatic N) is 5. The minimum absolute atomic E-state index is 0.0657. The lowest BCUT2D eigenvalue weighted by molar-refractivity contribution is -0.977. The van der Waals surface area contributed by atoms with E-state index in [0.717, 1.165) is 32.6 Å². The van der Waals surface area contributed by atoms with E-state index >= 15 is 0 Å². The molecule has 0 amide bonds. The number of rotatable bonds is 7. The molecule has 0 radical (unpaired) electrons. The van der Waals surface area contributed by atoms with Crippen molar-refractivity contribution in [2.75, 3.05) is 38.2 Å². The molecule has 1 saturated carbocycles. The molecule has 1 saturated heterocycles.